The van der Waals surface area contributed by atoms with Gasteiger partial charge in [0.25, 0.3) is 0 Å². The number of likely N-dealkylation sites (tertiary alicyclic amines) is 1. The highest BCUT2D eigenvalue weighted by Crippen LogP contribution is 2.33. The third-order valence-electron chi connectivity index (χ3n) is 5.89. The standard InChI is InChI=1S/C23H23FN2O4/c24-20-9-15(12-25-13-17(14-25)23(27)28)1-3-19(20)22-11-16-10-18(2-4-21(16)30-22)26-5-7-29-8-6-26/h1-4,9-11,17H,5-8,12-14H2,(H,27,28). The monoisotopic (exact) mass is 410 g/mol. The van der Waals surface area contributed by atoms with Crippen LogP contribution in [0.4, 0.5) is 10.1 Å². The molecule has 0 saturated carbocycles. The third kappa shape index (κ3) is 3.66. The molecular weight excluding hydrogens is 387 g/mol. The first-order valence-corrected chi connectivity index (χ1v) is 10.2. The molecule has 2 fully saturated rings. The first-order valence-electron chi connectivity index (χ1n) is 10.2. The van der Waals surface area contributed by atoms with E-state index in [-0.39, 0.29) is 11.7 Å². The van der Waals surface area contributed by atoms with Gasteiger partial charge in [0.15, 0.2) is 0 Å². The van der Waals surface area contributed by atoms with Crippen LogP contribution in [0.15, 0.2) is 46.9 Å². The number of carbonyl (C=O) groups is 1. The van der Waals surface area contributed by atoms with Crippen molar-refractivity contribution >= 4 is 22.6 Å². The van der Waals surface area contributed by atoms with E-state index in [9.17, 15) is 9.18 Å². The van der Waals surface area contributed by atoms with Gasteiger partial charge in [0.1, 0.15) is 17.2 Å². The van der Waals surface area contributed by atoms with E-state index in [1.54, 1.807) is 6.07 Å². The number of aliphatic carboxylic acids is 1. The molecule has 6 nitrogen and oxygen atoms in total. The average Bonchev–Trinajstić information content (AvgIpc) is 3.13. The van der Waals surface area contributed by atoms with Crippen molar-refractivity contribution in [1.82, 2.24) is 4.90 Å². The van der Waals surface area contributed by atoms with Gasteiger partial charge >= 0.3 is 5.97 Å². The summed E-state index contributed by atoms with van der Waals surface area (Å²) in [4.78, 5) is 15.2. The number of nitrogens with zero attached hydrogens (tertiary/aromatic N) is 2. The highest BCUT2D eigenvalue weighted by Gasteiger charge is 2.32. The second kappa shape index (κ2) is 7.74. The molecule has 3 heterocycles. The van der Waals surface area contributed by atoms with Crippen LogP contribution in [0.3, 0.4) is 0 Å². The van der Waals surface area contributed by atoms with Gasteiger partial charge in [-0.25, -0.2) is 4.39 Å². The topological polar surface area (TPSA) is 66.2 Å². The largest absolute Gasteiger partial charge is 0.481 e. The Kier molecular flexibility index (Phi) is 4.92. The minimum atomic E-state index is -0.769. The van der Waals surface area contributed by atoms with Crippen molar-refractivity contribution in [2.24, 2.45) is 5.92 Å². The Morgan fingerprint density at radius 2 is 1.90 bits per heavy atom. The van der Waals surface area contributed by atoms with Crippen molar-refractivity contribution in [3.05, 3.63) is 53.8 Å². The van der Waals surface area contributed by atoms with Crippen molar-refractivity contribution in [3.8, 4) is 11.3 Å². The normalized spacial score (nSPS) is 18.0. The van der Waals surface area contributed by atoms with Crippen LogP contribution in [0.5, 0.6) is 0 Å². The average molecular weight is 410 g/mol. The molecule has 0 amide bonds. The molecule has 1 N–H and O–H groups in total. The minimum absolute atomic E-state index is 0.313. The fraction of sp³-hybridized carbons (Fsp3) is 0.348. The van der Waals surface area contributed by atoms with Crippen LogP contribution in [0, 0.1) is 11.7 Å². The summed E-state index contributed by atoms with van der Waals surface area (Å²) < 4.78 is 26.1. The molecule has 0 bridgehead atoms. The van der Waals surface area contributed by atoms with Gasteiger partial charge in [-0.2, -0.15) is 0 Å². The Bertz CT molecular complexity index is 1080. The maximum Gasteiger partial charge on any atom is 0.309 e. The SMILES string of the molecule is O=C(O)C1CN(Cc2ccc(-c3cc4cc(N5CCOCC5)ccc4o3)c(F)c2)C1. The molecule has 2 saturated heterocycles. The Balaban J connectivity index is 1.34. The fourth-order valence-corrected chi connectivity index (χ4v) is 4.15. The molecule has 30 heavy (non-hydrogen) atoms. The number of rotatable bonds is 5. The van der Waals surface area contributed by atoms with Crippen LogP contribution >= 0.6 is 0 Å². The fourth-order valence-electron chi connectivity index (χ4n) is 4.15. The van der Waals surface area contributed by atoms with E-state index in [1.807, 2.05) is 29.2 Å². The molecule has 0 unspecified atom stereocenters. The molecule has 7 heteroatoms. The molecule has 3 aromatic rings. The molecule has 5 rings (SSSR count). The summed E-state index contributed by atoms with van der Waals surface area (Å²) in [6.45, 7) is 4.72. The maximum absolute atomic E-state index is 14.8. The molecule has 2 aliphatic heterocycles. The highest BCUT2D eigenvalue weighted by molar-refractivity contribution is 5.86. The molecule has 156 valence electrons. The number of hydrogen-bond acceptors (Lipinski definition) is 5. The molecule has 2 aromatic carbocycles. The summed E-state index contributed by atoms with van der Waals surface area (Å²) in [6.07, 6.45) is 0. The summed E-state index contributed by atoms with van der Waals surface area (Å²) >= 11 is 0. The van der Waals surface area contributed by atoms with Crippen molar-refractivity contribution < 1.29 is 23.4 Å². The van der Waals surface area contributed by atoms with Crippen molar-refractivity contribution in [2.45, 2.75) is 6.54 Å². The van der Waals surface area contributed by atoms with Gasteiger partial charge in [-0.05, 0) is 42.0 Å². The number of morpholine rings is 1. The number of anilines is 1. The van der Waals surface area contributed by atoms with Crippen molar-refractivity contribution in [1.29, 1.82) is 0 Å². The summed E-state index contributed by atoms with van der Waals surface area (Å²) in [5, 5.41) is 9.91. The zero-order valence-corrected chi connectivity index (χ0v) is 16.5. The van der Waals surface area contributed by atoms with Crippen LogP contribution in [0.25, 0.3) is 22.3 Å². The van der Waals surface area contributed by atoms with E-state index < -0.39 is 5.97 Å². The van der Waals surface area contributed by atoms with E-state index in [1.165, 1.54) is 6.07 Å². The lowest BCUT2D eigenvalue weighted by molar-refractivity contribution is -0.147. The van der Waals surface area contributed by atoms with Gasteiger partial charge in [0, 0.05) is 43.8 Å². The first-order chi connectivity index (χ1) is 14.6. The predicted octanol–water partition coefficient (Wildman–Crippen LogP) is 3.59. The molecule has 0 aliphatic carbocycles. The van der Waals surface area contributed by atoms with Gasteiger partial charge in [-0.3, -0.25) is 9.69 Å². The van der Waals surface area contributed by atoms with Gasteiger partial charge < -0.3 is 19.2 Å². The summed E-state index contributed by atoms with van der Waals surface area (Å²) in [5.74, 6) is -0.917. The zero-order valence-electron chi connectivity index (χ0n) is 16.5. The Hall–Kier alpha value is -2.90. The second-order valence-corrected chi connectivity index (χ2v) is 7.98. The number of carboxylic acid groups (broad SMARTS) is 1. The quantitative estimate of drug-likeness (QED) is 0.694. The number of benzene rings is 2. The van der Waals surface area contributed by atoms with Gasteiger partial charge in [-0.1, -0.05) is 6.07 Å². The highest BCUT2D eigenvalue weighted by atomic mass is 19.1. The number of hydrogen-bond donors (Lipinski definition) is 1. The summed E-state index contributed by atoms with van der Waals surface area (Å²) in [7, 11) is 0. The lowest BCUT2D eigenvalue weighted by atomic mass is 9.99. The van der Waals surface area contributed by atoms with Gasteiger partial charge in [0.05, 0.1) is 24.7 Å². The number of carboxylic acids is 1. The van der Waals surface area contributed by atoms with E-state index >= 15 is 0 Å². The Labute approximate surface area is 173 Å². The van der Waals surface area contributed by atoms with Gasteiger partial charge in [-0.15, -0.1) is 0 Å². The van der Waals surface area contributed by atoms with Crippen molar-refractivity contribution in [3.63, 3.8) is 0 Å². The summed E-state index contributed by atoms with van der Waals surface area (Å²) in [5.41, 5.74) is 3.09. The second-order valence-electron chi connectivity index (χ2n) is 7.98. The Morgan fingerprint density at radius 3 is 2.63 bits per heavy atom. The third-order valence-corrected chi connectivity index (χ3v) is 5.89. The molecule has 0 spiro atoms. The van der Waals surface area contributed by atoms with Crippen molar-refractivity contribution in [2.75, 3.05) is 44.3 Å². The molecular formula is C23H23FN2O4. The lowest BCUT2D eigenvalue weighted by Gasteiger charge is -2.36. The maximum atomic E-state index is 14.8. The van der Waals surface area contributed by atoms with E-state index in [0.29, 0.717) is 31.0 Å². The van der Waals surface area contributed by atoms with Crippen LogP contribution in [0.1, 0.15) is 5.56 Å². The van der Waals surface area contributed by atoms with E-state index in [4.69, 9.17) is 14.3 Å². The van der Waals surface area contributed by atoms with E-state index in [0.717, 1.165) is 48.5 Å². The number of halogens is 1. The minimum Gasteiger partial charge on any atom is -0.481 e. The molecule has 0 radical (unpaired) electrons. The van der Waals surface area contributed by atoms with Crippen LogP contribution in [-0.2, 0) is 16.1 Å². The van der Waals surface area contributed by atoms with Crippen LogP contribution < -0.4 is 4.90 Å². The number of fused-ring (bicyclic) bond motifs is 1. The predicted molar refractivity (Wildman–Crippen MR) is 111 cm³/mol. The summed E-state index contributed by atoms with van der Waals surface area (Å²) in [6, 6.07) is 13.0. The van der Waals surface area contributed by atoms with E-state index in [2.05, 4.69) is 11.0 Å². The zero-order chi connectivity index (χ0) is 20.7. The van der Waals surface area contributed by atoms with Crippen LogP contribution in [0.2, 0.25) is 0 Å². The molecule has 1 aromatic heterocycles. The lowest BCUT2D eigenvalue weighted by Crippen LogP contribution is -2.49. The van der Waals surface area contributed by atoms with Crippen LogP contribution in [-0.4, -0.2) is 55.4 Å². The molecule has 0 atom stereocenters. The number of ether oxygens (including phenoxy) is 1. The Morgan fingerprint density at radius 1 is 1.10 bits per heavy atom. The smallest absolute Gasteiger partial charge is 0.309 e. The first kappa shape index (κ1) is 19.1. The molecule has 2 aliphatic rings. The van der Waals surface area contributed by atoms with Gasteiger partial charge in [0.2, 0.25) is 0 Å². The number of furan rings is 1.